The van der Waals surface area contributed by atoms with Crippen LogP contribution in [0.4, 0.5) is 0 Å². The fourth-order valence-electron chi connectivity index (χ4n) is 2.00. The maximum absolute atomic E-state index is 6.09. The highest BCUT2D eigenvalue weighted by Crippen LogP contribution is 2.26. The van der Waals surface area contributed by atoms with Crippen molar-refractivity contribution in [1.82, 2.24) is 0 Å². The summed E-state index contributed by atoms with van der Waals surface area (Å²) in [6, 6.07) is 8.29. The van der Waals surface area contributed by atoms with Gasteiger partial charge in [-0.3, -0.25) is 0 Å². The predicted octanol–water partition coefficient (Wildman–Crippen LogP) is 4.92. The summed E-state index contributed by atoms with van der Waals surface area (Å²) in [7, 11) is 1.71. The van der Waals surface area contributed by atoms with Crippen LogP contribution < -0.4 is 4.74 Å². The van der Waals surface area contributed by atoms with Gasteiger partial charge in [0.1, 0.15) is 5.75 Å². The van der Waals surface area contributed by atoms with E-state index in [2.05, 4.69) is 32.9 Å². The summed E-state index contributed by atoms with van der Waals surface area (Å²) in [5.74, 6) is 2.21. The van der Waals surface area contributed by atoms with Crippen LogP contribution >= 0.6 is 11.6 Å². The van der Waals surface area contributed by atoms with Crippen LogP contribution in [-0.4, -0.2) is 13.0 Å². The highest BCUT2D eigenvalue weighted by Gasteiger charge is 2.15. The van der Waals surface area contributed by atoms with Gasteiger partial charge in [0, 0.05) is 5.88 Å². The van der Waals surface area contributed by atoms with Crippen LogP contribution in [0.15, 0.2) is 24.3 Å². The van der Waals surface area contributed by atoms with Gasteiger partial charge in [-0.1, -0.05) is 32.9 Å². The van der Waals surface area contributed by atoms with Crippen molar-refractivity contribution in [2.75, 3.05) is 13.0 Å². The Bertz CT molecular complexity index is 354. The molecule has 0 N–H and O–H groups in total. The molecule has 102 valence electrons. The topological polar surface area (TPSA) is 9.23 Å². The number of halogens is 1. The van der Waals surface area contributed by atoms with Gasteiger partial charge in [-0.05, 0) is 48.3 Å². The summed E-state index contributed by atoms with van der Waals surface area (Å²) >= 11 is 6.09. The lowest BCUT2D eigenvalue weighted by Crippen LogP contribution is -2.12. The zero-order valence-corrected chi connectivity index (χ0v) is 12.8. The molecule has 0 bridgehead atoms. The Labute approximate surface area is 116 Å². The third-order valence-corrected chi connectivity index (χ3v) is 3.62. The molecule has 1 aromatic rings. The second-order valence-corrected chi connectivity index (χ2v) is 6.48. The zero-order valence-electron chi connectivity index (χ0n) is 12.0. The molecule has 0 aliphatic heterocycles. The van der Waals surface area contributed by atoms with Gasteiger partial charge in [0.25, 0.3) is 0 Å². The Balaban J connectivity index is 2.56. The number of benzene rings is 1. The molecule has 0 aliphatic rings. The van der Waals surface area contributed by atoms with Gasteiger partial charge in [0.05, 0.1) is 7.11 Å². The van der Waals surface area contributed by atoms with Crippen molar-refractivity contribution in [1.29, 1.82) is 0 Å². The van der Waals surface area contributed by atoms with E-state index in [1.54, 1.807) is 7.11 Å². The summed E-state index contributed by atoms with van der Waals surface area (Å²) in [6.07, 6.45) is 3.44. The SMILES string of the molecule is COc1cccc(CC(CCl)CCC(C)(C)C)c1. The van der Waals surface area contributed by atoms with E-state index in [0.717, 1.165) is 18.1 Å². The van der Waals surface area contributed by atoms with Crippen LogP contribution in [0.3, 0.4) is 0 Å². The van der Waals surface area contributed by atoms with E-state index >= 15 is 0 Å². The lowest BCUT2D eigenvalue weighted by atomic mass is 9.85. The number of alkyl halides is 1. The first-order valence-corrected chi connectivity index (χ1v) is 7.17. The minimum Gasteiger partial charge on any atom is -0.497 e. The Morgan fingerprint density at radius 1 is 1.28 bits per heavy atom. The fraction of sp³-hybridized carbons (Fsp3) is 0.625. The van der Waals surface area contributed by atoms with Gasteiger partial charge in [-0.25, -0.2) is 0 Å². The van der Waals surface area contributed by atoms with Crippen molar-refractivity contribution in [3.63, 3.8) is 0 Å². The van der Waals surface area contributed by atoms with Crippen LogP contribution in [0.25, 0.3) is 0 Å². The minimum absolute atomic E-state index is 0.388. The van der Waals surface area contributed by atoms with Gasteiger partial charge in [0.15, 0.2) is 0 Å². The minimum atomic E-state index is 0.388. The second kappa shape index (κ2) is 7.04. The monoisotopic (exact) mass is 268 g/mol. The molecular weight excluding hydrogens is 244 g/mol. The lowest BCUT2D eigenvalue weighted by Gasteiger charge is -2.22. The normalized spacial score (nSPS) is 13.4. The molecule has 0 spiro atoms. The number of hydrogen-bond acceptors (Lipinski definition) is 1. The third kappa shape index (κ3) is 5.77. The number of rotatable bonds is 6. The van der Waals surface area contributed by atoms with E-state index in [0.29, 0.717) is 11.3 Å². The third-order valence-electron chi connectivity index (χ3n) is 3.18. The molecule has 0 aromatic heterocycles. The predicted molar refractivity (Wildman–Crippen MR) is 79.6 cm³/mol. The standard InChI is InChI=1S/C16H25ClO/c1-16(2,3)9-8-14(12-17)10-13-6-5-7-15(11-13)18-4/h5-7,11,14H,8-10,12H2,1-4H3. The van der Waals surface area contributed by atoms with Crippen molar-refractivity contribution < 1.29 is 4.74 Å². The van der Waals surface area contributed by atoms with Crippen molar-refractivity contribution in [2.45, 2.75) is 40.0 Å². The summed E-state index contributed by atoms with van der Waals surface area (Å²) in [4.78, 5) is 0. The Morgan fingerprint density at radius 3 is 2.56 bits per heavy atom. The van der Waals surface area contributed by atoms with E-state index < -0.39 is 0 Å². The number of methoxy groups -OCH3 is 1. The highest BCUT2D eigenvalue weighted by atomic mass is 35.5. The van der Waals surface area contributed by atoms with Crippen molar-refractivity contribution in [2.24, 2.45) is 11.3 Å². The Hall–Kier alpha value is -0.690. The van der Waals surface area contributed by atoms with Gasteiger partial charge in [-0.2, -0.15) is 0 Å². The van der Waals surface area contributed by atoms with E-state index in [1.807, 2.05) is 12.1 Å². The first-order valence-electron chi connectivity index (χ1n) is 6.63. The fourth-order valence-corrected chi connectivity index (χ4v) is 2.27. The van der Waals surface area contributed by atoms with Crippen molar-refractivity contribution in [3.8, 4) is 5.75 Å². The van der Waals surface area contributed by atoms with Gasteiger partial charge >= 0.3 is 0 Å². The molecule has 1 atom stereocenters. The molecule has 18 heavy (non-hydrogen) atoms. The van der Waals surface area contributed by atoms with E-state index in [4.69, 9.17) is 16.3 Å². The highest BCUT2D eigenvalue weighted by molar-refractivity contribution is 6.18. The average molecular weight is 269 g/mol. The first kappa shape index (κ1) is 15.4. The van der Waals surface area contributed by atoms with Gasteiger partial charge < -0.3 is 4.74 Å². The van der Waals surface area contributed by atoms with E-state index in [-0.39, 0.29) is 0 Å². The van der Waals surface area contributed by atoms with Crippen LogP contribution in [0.1, 0.15) is 39.2 Å². The molecule has 0 fully saturated rings. The molecule has 2 heteroatoms. The Morgan fingerprint density at radius 2 is 2.00 bits per heavy atom. The zero-order chi connectivity index (χ0) is 13.6. The smallest absolute Gasteiger partial charge is 0.119 e. The van der Waals surface area contributed by atoms with Crippen LogP contribution in [-0.2, 0) is 6.42 Å². The first-order chi connectivity index (χ1) is 8.44. The molecule has 1 aromatic carbocycles. The molecule has 1 rings (SSSR count). The van der Waals surface area contributed by atoms with Crippen LogP contribution in [0, 0.1) is 11.3 Å². The Kier molecular flexibility index (Phi) is 6.01. The van der Waals surface area contributed by atoms with E-state index in [1.165, 1.54) is 18.4 Å². The number of ether oxygens (including phenoxy) is 1. The molecule has 0 saturated heterocycles. The largest absolute Gasteiger partial charge is 0.497 e. The maximum Gasteiger partial charge on any atom is 0.119 e. The average Bonchev–Trinajstić information content (AvgIpc) is 2.33. The molecule has 0 heterocycles. The van der Waals surface area contributed by atoms with Crippen molar-refractivity contribution in [3.05, 3.63) is 29.8 Å². The molecule has 1 unspecified atom stereocenters. The summed E-state index contributed by atoms with van der Waals surface area (Å²) in [6.45, 7) is 6.84. The molecule has 0 saturated carbocycles. The quantitative estimate of drug-likeness (QED) is 0.666. The van der Waals surface area contributed by atoms with Crippen LogP contribution in [0.5, 0.6) is 5.75 Å². The molecule has 0 amide bonds. The van der Waals surface area contributed by atoms with Crippen LogP contribution in [0.2, 0.25) is 0 Å². The molecular formula is C16H25ClO. The van der Waals surface area contributed by atoms with E-state index in [9.17, 15) is 0 Å². The number of hydrogen-bond donors (Lipinski definition) is 0. The maximum atomic E-state index is 6.09. The summed E-state index contributed by atoms with van der Waals surface area (Å²) < 4.78 is 5.25. The summed E-state index contributed by atoms with van der Waals surface area (Å²) in [5, 5.41) is 0. The molecule has 1 nitrogen and oxygen atoms in total. The second-order valence-electron chi connectivity index (χ2n) is 6.18. The van der Waals surface area contributed by atoms with Gasteiger partial charge in [-0.15, -0.1) is 11.6 Å². The summed E-state index contributed by atoms with van der Waals surface area (Å²) in [5.41, 5.74) is 1.70. The van der Waals surface area contributed by atoms with Gasteiger partial charge in [0.2, 0.25) is 0 Å². The molecule has 0 aliphatic carbocycles. The lowest BCUT2D eigenvalue weighted by molar-refractivity contribution is 0.330. The molecule has 0 radical (unpaired) electrons. The van der Waals surface area contributed by atoms with Crippen molar-refractivity contribution >= 4 is 11.6 Å².